The van der Waals surface area contributed by atoms with Gasteiger partial charge in [-0.05, 0) is 86.9 Å². The fourth-order valence-electron chi connectivity index (χ4n) is 9.98. The summed E-state index contributed by atoms with van der Waals surface area (Å²) in [5.74, 6) is -11.3. The van der Waals surface area contributed by atoms with Gasteiger partial charge in [-0.25, -0.2) is 13.6 Å². The van der Waals surface area contributed by atoms with Gasteiger partial charge in [-0.15, -0.1) is 0 Å². The van der Waals surface area contributed by atoms with Crippen LogP contribution in [0.2, 0.25) is 0 Å². The molecule has 0 fully saturated rings. The van der Waals surface area contributed by atoms with Crippen molar-refractivity contribution in [3.8, 4) is 0 Å². The van der Waals surface area contributed by atoms with Crippen molar-refractivity contribution in [3.63, 3.8) is 0 Å². The summed E-state index contributed by atoms with van der Waals surface area (Å²) in [4.78, 5) is 191. The van der Waals surface area contributed by atoms with Gasteiger partial charge in [0.25, 0.3) is 0 Å². The molecular formula is C66H107N17O21S2. The van der Waals surface area contributed by atoms with E-state index in [9.17, 15) is 76.2 Å². The van der Waals surface area contributed by atoms with Gasteiger partial charge in [0.1, 0.15) is 18.6 Å². The Morgan fingerprint density at radius 1 is 0.509 bits per heavy atom. The molecule has 2 rings (SSSR count). The summed E-state index contributed by atoms with van der Waals surface area (Å²) < 4.78 is 45.4. The molecule has 2 atom stereocenters. The summed E-state index contributed by atoms with van der Waals surface area (Å²) in [6.07, 6.45) is 2.12. The van der Waals surface area contributed by atoms with Crippen molar-refractivity contribution < 1.29 is 99.9 Å². The molecule has 594 valence electrons. The van der Waals surface area contributed by atoms with Crippen molar-refractivity contribution in [1.82, 2.24) is 55.1 Å². The van der Waals surface area contributed by atoms with Crippen molar-refractivity contribution in [2.24, 2.45) is 33.1 Å². The number of hydrogen-bond acceptors (Lipinski definition) is 23. The number of amides is 11. The number of methoxy groups -OCH3 is 4. The van der Waals surface area contributed by atoms with Crippen molar-refractivity contribution in [1.29, 1.82) is 0 Å². The van der Waals surface area contributed by atoms with E-state index in [4.69, 9.17) is 47.0 Å². The number of carbonyl (C=O) groups is 13. The molecule has 0 aliphatic heterocycles. The van der Waals surface area contributed by atoms with E-state index < -0.39 is 177 Å². The van der Waals surface area contributed by atoms with Gasteiger partial charge < -0.3 is 107 Å². The zero-order chi connectivity index (χ0) is 79.2. The van der Waals surface area contributed by atoms with Crippen LogP contribution >= 0.6 is 11.8 Å². The lowest BCUT2D eigenvalue weighted by atomic mass is 10.1. The molecule has 0 aliphatic rings. The number of aliphatic carboxylic acids is 2. The molecule has 38 nitrogen and oxygen atoms in total. The van der Waals surface area contributed by atoms with E-state index in [0.29, 0.717) is 42.8 Å². The van der Waals surface area contributed by atoms with E-state index in [1.165, 1.54) is 64.5 Å². The number of primary amides is 1. The van der Waals surface area contributed by atoms with Crippen LogP contribution in [0.4, 0.5) is 0 Å². The number of sulfonamides is 1. The Bertz CT molecular complexity index is 3290. The van der Waals surface area contributed by atoms with Gasteiger partial charge in [0, 0.05) is 87.3 Å². The smallest absolute Gasteiger partial charge is 0.305 e. The maximum Gasteiger partial charge on any atom is 0.305 e. The van der Waals surface area contributed by atoms with E-state index in [1.54, 1.807) is 36.6 Å². The molecular weight excluding hydrogens is 1430 g/mol. The fourth-order valence-corrected chi connectivity index (χ4v) is 11.0. The maximum absolute atomic E-state index is 15.0. The highest BCUT2D eigenvalue weighted by Crippen LogP contribution is 2.14. The monoisotopic (exact) mass is 1540 g/mol. The summed E-state index contributed by atoms with van der Waals surface area (Å²) in [5.41, 5.74) is 23.1. The van der Waals surface area contributed by atoms with Gasteiger partial charge in [0.2, 0.25) is 75.0 Å². The van der Waals surface area contributed by atoms with Gasteiger partial charge in [-0.3, -0.25) is 67.3 Å². The van der Waals surface area contributed by atoms with E-state index in [2.05, 4.69) is 20.9 Å². The number of guanidine groups is 1. The molecule has 0 heterocycles. The van der Waals surface area contributed by atoms with E-state index in [1.807, 2.05) is 0 Å². The van der Waals surface area contributed by atoms with Gasteiger partial charge >= 0.3 is 11.9 Å². The molecule has 0 radical (unpaired) electrons. The van der Waals surface area contributed by atoms with E-state index in [0.717, 1.165) is 39.2 Å². The number of primary sulfonamides is 1. The Labute approximate surface area is 622 Å². The fraction of sp³-hybridized carbons (Fsp3) is 0.606. The first-order valence-corrected chi connectivity index (χ1v) is 37.0. The zero-order valence-electron chi connectivity index (χ0n) is 61.1. The van der Waals surface area contributed by atoms with Crippen LogP contribution in [-0.4, -0.2) is 344 Å². The van der Waals surface area contributed by atoms with Gasteiger partial charge in [-0.2, -0.15) is 11.8 Å². The average molecular weight is 1540 g/mol. The molecule has 2 aromatic carbocycles. The van der Waals surface area contributed by atoms with Gasteiger partial charge in [0.05, 0.1) is 96.5 Å². The number of hydrogen-bond donors (Lipinski definition) is 10. The first-order valence-electron chi connectivity index (χ1n) is 34.0. The number of nitrogens with one attached hydrogen (secondary N) is 3. The number of nitrogens with two attached hydrogens (primary N) is 5. The second kappa shape index (κ2) is 51.9. The molecule has 11 amide bonds. The predicted molar refractivity (Wildman–Crippen MR) is 389 cm³/mol. The first kappa shape index (κ1) is 92.9. The topological polar surface area (TPSA) is 538 Å². The average Bonchev–Trinajstić information content (AvgIpc) is 0.851. The van der Waals surface area contributed by atoms with Crippen LogP contribution < -0.4 is 44.0 Å². The number of carboxylic acid groups (broad SMARTS) is 2. The van der Waals surface area contributed by atoms with Crippen LogP contribution in [0.15, 0.2) is 64.5 Å². The number of rotatable bonds is 57. The van der Waals surface area contributed by atoms with Crippen LogP contribution in [0.1, 0.15) is 56.1 Å². The summed E-state index contributed by atoms with van der Waals surface area (Å²) in [7, 11) is 1.24. The third kappa shape index (κ3) is 38.2. The molecule has 0 bridgehead atoms. The molecule has 2 aromatic rings. The molecule has 15 N–H and O–H groups in total. The molecule has 0 saturated heterocycles. The zero-order valence-corrected chi connectivity index (χ0v) is 62.7. The predicted octanol–water partition coefficient (Wildman–Crippen LogP) is -5.17. The standard InChI is InChI=1S/C66H107N17O21S2/c1-101-33-29-79(40-53(84)74-52(14-11-25-73-66(69)70)65(98)75-51(64(68)97)22-37-105-5)57(88)43-80(30-34-102-2)58(89)44-81(31-35-103-3)59(90)45-82(32-36-104-4)60(91)47-83(39-49-12-7-6-8-13-49)61(92)46-77(26-19-48-15-17-50(18-16-48)106(71,99)100)56(87)42-78(28-21-63(95)96)55(86)41-76(27-20-62(93)94)54(85)38-72-24-10-9-23-67/h6-8,12-13,15-18,51-52,72H,9-11,14,19-47,67H2,1-5H3,(H2,68,97)(H,74,84)(H,75,98)(H,93,94)(H,95,96)(H4,69,70,73)(H2,71,99,100)/t51-,52-/m0/s1. The van der Waals surface area contributed by atoms with Crippen molar-refractivity contribution >= 4 is 105 Å². The third-order valence-electron chi connectivity index (χ3n) is 16.0. The SMILES string of the molecule is COCCN(CC(=O)N[C@@H](CCCN=C(N)N)C(=O)N[C@@H](CCSC)C(N)=O)C(=O)CN(CCOC)C(=O)CN(CCOC)C(=O)CN(CCOC)C(=O)CN(Cc1ccccc1)C(=O)CN(CCc1ccc(S(N)(=O)=O)cc1)C(=O)CN(CCC(=O)O)C(=O)CN(CCC(=O)O)C(=O)CNCCCCN. The van der Waals surface area contributed by atoms with Crippen molar-refractivity contribution in [2.45, 2.75) is 74.9 Å². The number of aliphatic imine (C=N–C) groups is 1. The lowest BCUT2D eigenvalue weighted by Crippen LogP contribution is -2.55. The lowest BCUT2D eigenvalue weighted by Gasteiger charge is -2.32. The molecule has 0 saturated carbocycles. The highest BCUT2D eigenvalue weighted by atomic mass is 32.2. The number of nitrogens with zero attached hydrogens (tertiary/aromatic N) is 9. The van der Waals surface area contributed by atoms with Crippen LogP contribution in [0.3, 0.4) is 0 Å². The number of benzene rings is 2. The second-order valence-corrected chi connectivity index (χ2v) is 26.7. The minimum atomic E-state index is -4.13. The first-order chi connectivity index (χ1) is 50.4. The highest BCUT2D eigenvalue weighted by molar-refractivity contribution is 7.98. The van der Waals surface area contributed by atoms with E-state index >= 15 is 4.79 Å². The Hall–Kier alpha value is -9.16. The number of thioether (sulfide) groups is 1. The summed E-state index contributed by atoms with van der Waals surface area (Å²) in [6.45, 7) is -8.35. The van der Waals surface area contributed by atoms with Crippen molar-refractivity contribution in [2.75, 3.05) is 191 Å². The number of carbonyl (C=O) groups excluding carboxylic acids is 11. The Morgan fingerprint density at radius 2 is 0.934 bits per heavy atom. The van der Waals surface area contributed by atoms with Crippen LogP contribution in [0.25, 0.3) is 0 Å². The highest BCUT2D eigenvalue weighted by Gasteiger charge is 2.33. The van der Waals surface area contributed by atoms with Crippen molar-refractivity contribution in [3.05, 3.63) is 65.7 Å². The van der Waals surface area contributed by atoms with Crippen LogP contribution in [0.5, 0.6) is 0 Å². The minimum Gasteiger partial charge on any atom is -0.481 e. The third-order valence-corrected chi connectivity index (χ3v) is 17.6. The second-order valence-electron chi connectivity index (χ2n) is 24.1. The van der Waals surface area contributed by atoms with Crippen LogP contribution in [0, 0.1) is 0 Å². The molecule has 0 aromatic heterocycles. The Kier molecular flexibility index (Phi) is 45.5. The van der Waals surface area contributed by atoms with E-state index in [-0.39, 0.29) is 115 Å². The molecule has 40 heteroatoms. The Morgan fingerprint density at radius 3 is 1.35 bits per heavy atom. The summed E-state index contributed by atoms with van der Waals surface area (Å²) in [5, 5.41) is 32.7. The molecule has 0 spiro atoms. The summed E-state index contributed by atoms with van der Waals surface area (Å²) >= 11 is 1.42. The quantitative estimate of drug-likeness (QED) is 0.0168. The largest absolute Gasteiger partial charge is 0.481 e. The molecule has 0 unspecified atom stereocenters. The minimum absolute atomic E-state index is 0.00810. The lowest BCUT2D eigenvalue weighted by molar-refractivity contribution is -0.149. The molecule has 106 heavy (non-hydrogen) atoms. The van der Waals surface area contributed by atoms with Gasteiger partial charge in [0.15, 0.2) is 5.96 Å². The summed E-state index contributed by atoms with van der Waals surface area (Å²) in [6, 6.07) is 11.3. The van der Waals surface area contributed by atoms with Crippen LogP contribution in [-0.2, 0) is 104 Å². The normalized spacial score (nSPS) is 11.6. The molecule has 0 aliphatic carbocycles. The Balaban J connectivity index is 2.63. The number of ether oxygens (including phenoxy) is 4. The number of unbranched alkanes of at least 4 members (excludes halogenated alkanes) is 1. The number of carboxylic acids is 2. The van der Waals surface area contributed by atoms with Gasteiger partial charge in [-0.1, -0.05) is 42.5 Å². The maximum atomic E-state index is 15.0.